The van der Waals surface area contributed by atoms with E-state index < -0.39 is 10.0 Å². The monoisotopic (exact) mass is 386 g/mol. The zero-order valence-corrected chi connectivity index (χ0v) is 15.2. The molecule has 4 nitrogen and oxygen atoms in total. The number of halogens is 1. The predicted octanol–water partition coefficient (Wildman–Crippen LogP) is 2.95. The molecule has 0 bridgehead atoms. The molecule has 1 saturated carbocycles. The van der Waals surface area contributed by atoms with Crippen LogP contribution < -0.4 is 0 Å². The Kier molecular flexibility index (Phi) is 5.22. The Morgan fingerprint density at radius 2 is 1.77 bits per heavy atom. The largest absolute Gasteiger partial charge is 0.300 e. The van der Waals surface area contributed by atoms with Gasteiger partial charge in [-0.3, -0.25) is 0 Å². The van der Waals surface area contributed by atoms with E-state index in [4.69, 9.17) is 0 Å². The first-order valence-electron chi connectivity index (χ1n) is 8.04. The Balaban J connectivity index is 1.60. The maximum atomic E-state index is 12.7. The molecule has 1 aromatic rings. The lowest BCUT2D eigenvalue weighted by molar-refractivity contribution is 0.165. The molecule has 0 N–H and O–H groups in total. The van der Waals surface area contributed by atoms with E-state index in [0.29, 0.717) is 18.0 Å². The van der Waals surface area contributed by atoms with Crippen LogP contribution in [0.1, 0.15) is 25.7 Å². The summed E-state index contributed by atoms with van der Waals surface area (Å²) in [5.74, 6) is 0.827. The third-order valence-corrected chi connectivity index (χ3v) is 7.14. The van der Waals surface area contributed by atoms with Crippen molar-refractivity contribution >= 4 is 26.0 Å². The van der Waals surface area contributed by atoms with Gasteiger partial charge in [-0.15, -0.1) is 0 Å². The lowest BCUT2D eigenvalue weighted by Crippen LogP contribution is -2.49. The van der Waals surface area contributed by atoms with Gasteiger partial charge in [-0.25, -0.2) is 8.42 Å². The van der Waals surface area contributed by atoms with Crippen molar-refractivity contribution < 1.29 is 8.42 Å². The van der Waals surface area contributed by atoms with Gasteiger partial charge in [0.25, 0.3) is 0 Å². The van der Waals surface area contributed by atoms with Gasteiger partial charge in [0.15, 0.2) is 0 Å². The third kappa shape index (κ3) is 3.72. The average molecular weight is 387 g/mol. The molecule has 0 amide bonds. The minimum atomic E-state index is -3.36. The molecule has 1 aliphatic heterocycles. The number of rotatable bonds is 4. The summed E-state index contributed by atoms with van der Waals surface area (Å²) < 4.78 is 27.8. The summed E-state index contributed by atoms with van der Waals surface area (Å²) >= 11 is 3.35. The van der Waals surface area contributed by atoms with Crippen LogP contribution in [0.5, 0.6) is 0 Å². The second kappa shape index (κ2) is 6.99. The summed E-state index contributed by atoms with van der Waals surface area (Å²) in [5, 5.41) is 0. The lowest BCUT2D eigenvalue weighted by Gasteiger charge is -2.35. The first kappa shape index (κ1) is 16.4. The number of hydrogen-bond donors (Lipinski definition) is 0. The van der Waals surface area contributed by atoms with E-state index in [1.807, 2.05) is 6.07 Å². The van der Waals surface area contributed by atoms with E-state index in [1.54, 1.807) is 22.5 Å². The van der Waals surface area contributed by atoms with Crippen LogP contribution in [0.3, 0.4) is 0 Å². The maximum absolute atomic E-state index is 12.7. The second-order valence-electron chi connectivity index (χ2n) is 6.31. The fraction of sp³-hybridized carbons (Fsp3) is 0.625. The highest BCUT2D eigenvalue weighted by Gasteiger charge is 2.29. The molecule has 0 aromatic heterocycles. The molecule has 3 rings (SSSR count). The number of sulfonamides is 1. The first-order chi connectivity index (χ1) is 10.6. The molecule has 2 aliphatic rings. The molecule has 6 heteroatoms. The van der Waals surface area contributed by atoms with Crippen molar-refractivity contribution in [2.45, 2.75) is 30.6 Å². The number of piperazine rings is 1. The summed E-state index contributed by atoms with van der Waals surface area (Å²) in [6.45, 7) is 4.04. The normalized spacial score (nSPS) is 22.2. The van der Waals surface area contributed by atoms with Crippen molar-refractivity contribution in [3.05, 3.63) is 28.7 Å². The van der Waals surface area contributed by atoms with Gasteiger partial charge < -0.3 is 4.90 Å². The molecule has 0 unspecified atom stereocenters. The summed E-state index contributed by atoms with van der Waals surface area (Å²) in [7, 11) is -3.36. The number of nitrogens with zero attached hydrogens (tertiary/aromatic N) is 2. The van der Waals surface area contributed by atoms with Crippen molar-refractivity contribution in [3.8, 4) is 0 Å². The van der Waals surface area contributed by atoms with E-state index >= 15 is 0 Å². The average Bonchev–Trinajstić information content (AvgIpc) is 3.01. The molecule has 1 aliphatic carbocycles. The third-order valence-electron chi connectivity index (χ3n) is 4.76. The van der Waals surface area contributed by atoms with Crippen molar-refractivity contribution in [2.24, 2.45) is 5.92 Å². The van der Waals surface area contributed by atoms with Crippen LogP contribution in [0.4, 0.5) is 0 Å². The van der Waals surface area contributed by atoms with Gasteiger partial charge in [0.1, 0.15) is 0 Å². The van der Waals surface area contributed by atoms with Gasteiger partial charge >= 0.3 is 0 Å². The quantitative estimate of drug-likeness (QED) is 0.798. The highest BCUT2D eigenvalue weighted by atomic mass is 79.9. The fourth-order valence-corrected chi connectivity index (χ4v) is 5.51. The Morgan fingerprint density at radius 3 is 2.41 bits per heavy atom. The molecule has 2 fully saturated rings. The van der Waals surface area contributed by atoms with Crippen molar-refractivity contribution in [2.75, 3.05) is 32.7 Å². The van der Waals surface area contributed by atoms with Crippen LogP contribution in [0, 0.1) is 5.92 Å². The van der Waals surface area contributed by atoms with Gasteiger partial charge in [0, 0.05) is 37.2 Å². The molecule has 0 atom stereocenters. The summed E-state index contributed by atoms with van der Waals surface area (Å²) in [4.78, 5) is 2.81. The van der Waals surface area contributed by atoms with Gasteiger partial charge in [-0.2, -0.15) is 4.31 Å². The Bertz CT molecular complexity index is 606. The second-order valence-corrected chi connectivity index (χ2v) is 9.17. The van der Waals surface area contributed by atoms with Crippen LogP contribution in [-0.4, -0.2) is 50.3 Å². The van der Waals surface area contributed by atoms with Crippen LogP contribution in [0.15, 0.2) is 33.6 Å². The van der Waals surface area contributed by atoms with Gasteiger partial charge in [0.05, 0.1) is 4.90 Å². The van der Waals surface area contributed by atoms with Crippen molar-refractivity contribution in [1.82, 2.24) is 9.21 Å². The maximum Gasteiger partial charge on any atom is 0.243 e. The summed E-state index contributed by atoms with van der Waals surface area (Å²) in [6.07, 6.45) is 5.41. The molecular weight excluding hydrogens is 364 g/mol. The lowest BCUT2D eigenvalue weighted by atomic mass is 10.1. The molecule has 1 saturated heterocycles. The smallest absolute Gasteiger partial charge is 0.243 e. The Hall–Kier alpha value is -0.430. The van der Waals surface area contributed by atoms with E-state index in [1.165, 1.54) is 25.7 Å². The molecule has 22 heavy (non-hydrogen) atoms. The van der Waals surface area contributed by atoms with E-state index in [2.05, 4.69) is 20.8 Å². The molecular formula is C16H23BrN2O2S. The zero-order chi connectivity index (χ0) is 15.6. The summed E-state index contributed by atoms with van der Waals surface area (Å²) in [6, 6.07) is 6.97. The highest BCUT2D eigenvalue weighted by Crippen LogP contribution is 2.26. The first-order valence-corrected chi connectivity index (χ1v) is 10.3. The molecule has 1 heterocycles. The molecule has 0 spiro atoms. The van der Waals surface area contributed by atoms with Crippen LogP contribution >= 0.6 is 15.9 Å². The highest BCUT2D eigenvalue weighted by molar-refractivity contribution is 9.10. The SMILES string of the molecule is O=S(=O)(c1cccc(Br)c1)N1CCN(CC2CCCC2)CC1. The van der Waals surface area contributed by atoms with Crippen molar-refractivity contribution in [1.29, 1.82) is 0 Å². The minimum Gasteiger partial charge on any atom is -0.300 e. The van der Waals surface area contributed by atoms with Crippen molar-refractivity contribution in [3.63, 3.8) is 0 Å². The van der Waals surface area contributed by atoms with E-state index in [0.717, 1.165) is 30.0 Å². The molecule has 1 aromatic carbocycles. The van der Waals surface area contributed by atoms with E-state index in [-0.39, 0.29) is 0 Å². The number of benzene rings is 1. The van der Waals surface area contributed by atoms with Crippen LogP contribution in [-0.2, 0) is 10.0 Å². The van der Waals surface area contributed by atoms with Crippen LogP contribution in [0.2, 0.25) is 0 Å². The zero-order valence-electron chi connectivity index (χ0n) is 12.7. The van der Waals surface area contributed by atoms with Gasteiger partial charge in [-0.1, -0.05) is 34.8 Å². The predicted molar refractivity (Wildman–Crippen MR) is 91.3 cm³/mol. The molecule has 0 radical (unpaired) electrons. The Labute approximate surface area is 141 Å². The Morgan fingerprint density at radius 1 is 1.09 bits per heavy atom. The number of hydrogen-bond acceptors (Lipinski definition) is 3. The van der Waals surface area contributed by atoms with Crippen LogP contribution in [0.25, 0.3) is 0 Å². The van der Waals surface area contributed by atoms with E-state index in [9.17, 15) is 8.42 Å². The topological polar surface area (TPSA) is 40.6 Å². The van der Waals surface area contributed by atoms with Gasteiger partial charge in [-0.05, 0) is 37.0 Å². The standard InChI is InChI=1S/C16H23BrN2O2S/c17-15-6-3-7-16(12-15)22(20,21)19-10-8-18(9-11-19)13-14-4-1-2-5-14/h3,6-7,12,14H,1-2,4-5,8-11,13H2. The fourth-order valence-electron chi connectivity index (χ4n) is 3.49. The summed E-state index contributed by atoms with van der Waals surface area (Å²) in [5.41, 5.74) is 0. The van der Waals surface area contributed by atoms with Gasteiger partial charge in [0.2, 0.25) is 10.0 Å². The minimum absolute atomic E-state index is 0.381. The molecule has 122 valence electrons.